The Kier molecular flexibility index (Phi) is 8.06. The molecular formula is C21H24ClF3N2O4S. The van der Waals surface area contributed by atoms with Crippen LogP contribution in [0.3, 0.4) is 0 Å². The van der Waals surface area contributed by atoms with E-state index in [0.29, 0.717) is 11.8 Å². The summed E-state index contributed by atoms with van der Waals surface area (Å²) in [4.78, 5) is 11.4. The molecule has 1 amide bonds. The molecule has 0 aromatic heterocycles. The molecule has 0 saturated heterocycles. The van der Waals surface area contributed by atoms with Gasteiger partial charge in [-0.1, -0.05) is 25.4 Å². The highest BCUT2D eigenvalue weighted by molar-refractivity contribution is 7.92. The minimum atomic E-state index is -4.79. The minimum Gasteiger partial charge on any atom is -0.484 e. The molecule has 2 rings (SSSR count). The zero-order valence-electron chi connectivity index (χ0n) is 17.9. The maximum absolute atomic E-state index is 13.1. The lowest BCUT2D eigenvalue weighted by molar-refractivity contribution is -0.137. The zero-order chi connectivity index (χ0) is 24.3. The van der Waals surface area contributed by atoms with Crippen molar-refractivity contribution in [3.05, 3.63) is 53.1 Å². The molecule has 0 aliphatic heterocycles. The third-order valence-electron chi connectivity index (χ3n) is 4.86. The molecule has 0 bridgehead atoms. The second kappa shape index (κ2) is 9.99. The van der Waals surface area contributed by atoms with Crippen LogP contribution in [0.15, 0.2) is 47.4 Å². The number of sulfonamides is 1. The summed E-state index contributed by atoms with van der Waals surface area (Å²) in [5.41, 5.74) is -1.04. The van der Waals surface area contributed by atoms with Gasteiger partial charge in [-0.15, -0.1) is 0 Å². The van der Waals surface area contributed by atoms with Crippen molar-refractivity contribution < 1.29 is 31.1 Å². The van der Waals surface area contributed by atoms with Crippen molar-refractivity contribution in [1.29, 1.82) is 0 Å². The first-order chi connectivity index (χ1) is 14.7. The maximum atomic E-state index is 13.1. The fourth-order valence-corrected chi connectivity index (χ4v) is 3.99. The normalized spacial score (nSPS) is 13.0. The summed E-state index contributed by atoms with van der Waals surface area (Å²) >= 11 is 5.57. The maximum Gasteiger partial charge on any atom is 0.417 e. The Balaban J connectivity index is 2.13. The Morgan fingerprint density at radius 2 is 1.72 bits per heavy atom. The van der Waals surface area contributed by atoms with Gasteiger partial charge in [-0.25, -0.2) is 8.42 Å². The molecule has 11 heteroatoms. The number of anilines is 1. The Morgan fingerprint density at radius 3 is 2.25 bits per heavy atom. The number of halogens is 4. The molecule has 1 atom stereocenters. The number of carbonyl (C=O) groups excluding carboxylic acids is 1. The fourth-order valence-electron chi connectivity index (χ4n) is 2.54. The van der Waals surface area contributed by atoms with Crippen LogP contribution in [0.5, 0.6) is 5.75 Å². The molecule has 1 N–H and O–H groups in total. The Bertz CT molecular complexity index is 1060. The van der Waals surface area contributed by atoms with Gasteiger partial charge >= 0.3 is 6.18 Å². The molecule has 2 aromatic rings. The van der Waals surface area contributed by atoms with Crippen molar-refractivity contribution in [2.45, 2.75) is 37.9 Å². The SMILES string of the molecule is CC(C)[C@H](C)NC(=O)COc1ccc(N(C)S(=O)(=O)c2ccc(Cl)c(C(F)(F)F)c2)cc1. The molecule has 0 aliphatic carbocycles. The number of benzene rings is 2. The number of hydrogen-bond donors (Lipinski definition) is 1. The van der Waals surface area contributed by atoms with Crippen LogP contribution in [0.1, 0.15) is 26.3 Å². The lowest BCUT2D eigenvalue weighted by atomic mass is 10.1. The average Bonchev–Trinajstić information content (AvgIpc) is 2.71. The van der Waals surface area contributed by atoms with E-state index in [4.69, 9.17) is 16.3 Å². The van der Waals surface area contributed by atoms with E-state index in [1.54, 1.807) is 0 Å². The fraction of sp³-hybridized carbons (Fsp3) is 0.381. The summed E-state index contributed by atoms with van der Waals surface area (Å²) in [6.45, 7) is 5.62. The molecule has 0 spiro atoms. The number of carbonyl (C=O) groups is 1. The van der Waals surface area contributed by atoms with Gasteiger partial charge in [-0.3, -0.25) is 9.10 Å². The predicted molar refractivity (Wildman–Crippen MR) is 116 cm³/mol. The molecule has 6 nitrogen and oxygen atoms in total. The van der Waals surface area contributed by atoms with E-state index in [0.717, 1.165) is 16.4 Å². The number of amides is 1. The van der Waals surface area contributed by atoms with Crippen LogP contribution in [0.4, 0.5) is 18.9 Å². The second-order valence-corrected chi connectivity index (χ2v) is 9.87. The highest BCUT2D eigenvalue weighted by Crippen LogP contribution is 2.36. The standard InChI is InChI=1S/C21H24ClF3N2O4S/c1-13(2)14(3)26-20(28)12-31-16-7-5-15(6-8-16)27(4)32(29,30)17-9-10-19(22)18(11-17)21(23,24)25/h5-11,13-14H,12H2,1-4H3,(H,26,28)/t14-/m0/s1. The molecule has 0 aliphatic rings. The summed E-state index contributed by atoms with van der Waals surface area (Å²) in [5.74, 6) is 0.305. The van der Waals surface area contributed by atoms with Crippen LogP contribution in [0.2, 0.25) is 5.02 Å². The largest absolute Gasteiger partial charge is 0.484 e. The molecule has 0 unspecified atom stereocenters. The van der Waals surface area contributed by atoms with E-state index in [1.165, 1.54) is 31.3 Å². The molecule has 0 fully saturated rings. The summed E-state index contributed by atoms with van der Waals surface area (Å²) < 4.78 is 71.1. The number of rotatable bonds is 8. The van der Waals surface area contributed by atoms with E-state index < -0.39 is 31.7 Å². The quantitative estimate of drug-likeness (QED) is 0.578. The lowest BCUT2D eigenvalue weighted by Crippen LogP contribution is -2.38. The summed E-state index contributed by atoms with van der Waals surface area (Å²) in [5, 5.41) is 2.20. The molecular weight excluding hydrogens is 469 g/mol. The Hall–Kier alpha value is -2.46. The Morgan fingerprint density at radius 1 is 1.12 bits per heavy atom. The van der Waals surface area contributed by atoms with Crippen molar-refractivity contribution >= 4 is 33.2 Å². The van der Waals surface area contributed by atoms with E-state index >= 15 is 0 Å². The van der Waals surface area contributed by atoms with Crippen LogP contribution in [0.25, 0.3) is 0 Å². The first-order valence-corrected chi connectivity index (χ1v) is 11.4. The van der Waals surface area contributed by atoms with E-state index in [-0.39, 0.29) is 30.2 Å². The highest BCUT2D eigenvalue weighted by atomic mass is 35.5. The zero-order valence-corrected chi connectivity index (χ0v) is 19.5. The van der Waals surface area contributed by atoms with Crippen molar-refractivity contribution in [1.82, 2.24) is 5.32 Å². The third kappa shape index (κ3) is 6.29. The molecule has 32 heavy (non-hydrogen) atoms. The smallest absolute Gasteiger partial charge is 0.417 e. The van der Waals surface area contributed by atoms with Gasteiger partial charge in [0.15, 0.2) is 6.61 Å². The topological polar surface area (TPSA) is 75.7 Å². The molecule has 0 radical (unpaired) electrons. The summed E-state index contributed by atoms with van der Waals surface area (Å²) in [6, 6.07) is 8.16. The monoisotopic (exact) mass is 492 g/mol. The first-order valence-electron chi connectivity index (χ1n) is 9.61. The molecule has 0 heterocycles. The molecule has 176 valence electrons. The van der Waals surface area contributed by atoms with Gasteiger partial charge in [0.05, 0.1) is 21.2 Å². The van der Waals surface area contributed by atoms with E-state index in [2.05, 4.69) is 5.32 Å². The van der Waals surface area contributed by atoms with Crippen molar-refractivity contribution in [3.8, 4) is 5.75 Å². The minimum absolute atomic E-state index is 0.0157. The second-order valence-electron chi connectivity index (χ2n) is 7.49. The van der Waals surface area contributed by atoms with Crippen LogP contribution in [-0.4, -0.2) is 34.0 Å². The predicted octanol–water partition coefficient (Wildman–Crippen LogP) is 4.72. The van der Waals surface area contributed by atoms with Crippen LogP contribution in [0, 0.1) is 5.92 Å². The highest BCUT2D eigenvalue weighted by Gasteiger charge is 2.35. The third-order valence-corrected chi connectivity index (χ3v) is 6.97. The Labute approximate surface area is 190 Å². The van der Waals surface area contributed by atoms with Crippen molar-refractivity contribution in [2.75, 3.05) is 18.0 Å². The number of ether oxygens (including phenoxy) is 1. The van der Waals surface area contributed by atoms with Gasteiger partial charge in [0.1, 0.15) is 5.75 Å². The summed E-state index contributed by atoms with van der Waals surface area (Å²) in [6.07, 6.45) is -4.79. The number of hydrogen-bond acceptors (Lipinski definition) is 4. The molecule has 0 saturated carbocycles. The van der Waals surface area contributed by atoms with Crippen LogP contribution in [-0.2, 0) is 21.0 Å². The van der Waals surface area contributed by atoms with Crippen LogP contribution >= 0.6 is 11.6 Å². The molecule has 2 aromatic carbocycles. The van der Waals surface area contributed by atoms with Gasteiger partial charge in [0, 0.05) is 13.1 Å². The van der Waals surface area contributed by atoms with Gasteiger partial charge < -0.3 is 10.1 Å². The van der Waals surface area contributed by atoms with Gasteiger partial charge in [0.25, 0.3) is 15.9 Å². The van der Waals surface area contributed by atoms with Crippen LogP contribution < -0.4 is 14.4 Å². The van der Waals surface area contributed by atoms with E-state index in [9.17, 15) is 26.4 Å². The van der Waals surface area contributed by atoms with E-state index in [1.807, 2.05) is 20.8 Å². The van der Waals surface area contributed by atoms with Gasteiger partial charge in [0.2, 0.25) is 0 Å². The average molecular weight is 493 g/mol. The van der Waals surface area contributed by atoms with Crippen molar-refractivity contribution in [2.24, 2.45) is 5.92 Å². The van der Waals surface area contributed by atoms with Gasteiger partial charge in [-0.05, 0) is 55.3 Å². The number of nitrogens with one attached hydrogen (secondary N) is 1. The number of nitrogens with zero attached hydrogens (tertiary/aromatic N) is 1. The number of alkyl halides is 3. The lowest BCUT2D eigenvalue weighted by Gasteiger charge is -2.21. The summed E-state index contributed by atoms with van der Waals surface area (Å²) in [7, 11) is -3.07. The van der Waals surface area contributed by atoms with Crippen molar-refractivity contribution in [3.63, 3.8) is 0 Å². The first kappa shape index (κ1) is 25.8. The van der Waals surface area contributed by atoms with Gasteiger partial charge in [-0.2, -0.15) is 13.2 Å².